The van der Waals surface area contributed by atoms with Gasteiger partial charge in [0.25, 0.3) is 0 Å². The maximum atomic E-state index is 2.97. The van der Waals surface area contributed by atoms with E-state index in [-0.39, 0.29) is 51.4 Å². The summed E-state index contributed by atoms with van der Waals surface area (Å²) in [5, 5.41) is 0. The molecule has 0 fully saturated rings. The van der Waals surface area contributed by atoms with Gasteiger partial charge >= 0.3 is 39.6 Å². The third-order valence-corrected chi connectivity index (χ3v) is 0. The van der Waals surface area contributed by atoms with Crippen molar-refractivity contribution in [3.63, 3.8) is 0 Å². The van der Waals surface area contributed by atoms with Gasteiger partial charge in [0.2, 0.25) is 0 Å². The normalized spacial score (nSPS) is 5.50. The van der Waals surface area contributed by atoms with Crippen molar-refractivity contribution in [2.24, 2.45) is 0 Å². The van der Waals surface area contributed by atoms with Crippen LogP contribution in [0.1, 0.15) is 0 Å². The first-order valence-corrected chi connectivity index (χ1v) is 4.88. The summed E-state index contributed by atoms with van der Waals surface area (Å²) >= 11 is 7.38. The number of rotatable bonds is 0. The Morgan fingerprint density at radius 3 is 1.25 bits per heavy atom. The van der Waals surface area contributed by atoms with Crippen molar-refractivity contribution in [2.45, 2.75) is 0 Å². The van der Waals surface area contributed by atoms with E-state index in [2.05, 4.69) is 28.2 Å². The van der Waals surface area contributed by atoms with Crippen LogP contribution < -0.4 is 0 Å². The van der Waals surface area contributed by atoms with E-state index >= 15 is 0 Å². The molecule has 0 saturated heterocycles. The molecule has 0 spiro atoms. The van der Waals surface area contributed by atoms with Crippen molar-refractivity contribution >= 4 is 79.6 Å². The molecule has 1 radical (unpaired) electrons. The Morgan fingerprint density at radius 1 is 1.25 bits per heavy atom. The molecule has 4 heavy (non-hydrogen) atoms. The van der Waals surface area contributed by atoms with Crippen LogP contribution in [0.5, 0.6) is 0 Å². The van der Waals surface area contributed by atoms with E-state index in [4.69, 9.17) is 0 Å². The topological polar surface area (TPSA) is 0 Å². The van der Waals surface area contributed by atoms with Crippen LogP contribution in [0.25, 0.3) is 0 Å². The van der Waals surface area contributed by atoms with Gasteiger partial charge < -0.3 is 0 Å². The van der Waals surface area contributed by atoms with Crippen LogP contribution >= 0.6 is 28.2 Å². The van der Waals surface area contributed by atoms with Crippen LogP contribution in [0.15, 0.2) is 0 Å². The van der Waals surface area contributed by atoms with E-state index in [0.29, 0.717) is 0 Å². The minimum absolute atomic E-state index is 0. The van der Waals surface area contributed by atoms with Gasteiger partial charge in [0, 0.05) is 51.4 Å². The summed E-state index contributed by atoms with van der Waals surface area (Å²) in [6, 6.07) is 0. The van der Waals surface area contributed by atoms with Crippen LogP contribution in [0, 0.1) is 0 Å². The van der Waals surface area contributed by atoms with Crippen molar-refractivity contribution in [2.75, 3.05) is 0 Å². The molecule has 0 heterocycles. The molecule has 0 amide bonds. The molecule has 0 aliphatic carbocycles. The largest absolute Gasteiger partial charge is 0 e. The second-order valence-electron chi connectivity index (χ2n) is 0.0431. The van der Waals surface area contributed by atoms with E-state index in [1.807, 2.05) is 0 Å². The quantitative estimate of drug-likeness (QED) is 0.578. The second-order valence-corrected chi connectivity index (χ2v) is 4.80. The van der Waals surface area contributed by atoms with Gasteiger partial charge in [-0.05, 0) is 0 Å². The Hall–Kier alpha value is 3.12. The zero-order chi connectivity index (χ0) is 2.71. The SMILES string of the molecule is [Br][Cu][Br].[K]. The number of hydrogen-bond donors (Lipinski definition) is 0. The van der Waals surface area contributed by atoms with Crippen molar-refractivity contribution in [3.05, 3.63) is 0 Å². The fraction of sp³-hybridized carbons (Fsp3) is 0. The average Bonchev–Trinajstić information content (AvgIpc) is 0.918. The van der Waals surface area contributed by atoms with Gasteiger partial charge in [0.15, 0.2) is 0 Å². The molecule has 0 aliphatic heterocycles. The number of hydrogen-bond acceptors (Lipinski definition) is 0. The molecule has 0 nitrogen and oxygen atoms in total. The molecule has 0 aromatic heterocycles. The predicted octanol–water partition coefficient (Wildman–Crippen LogP) is 1.31. The van der Waals surface area contributed by atoms with E-state index in [9.17, 15) is 0 Å². The zero-order valence-corrected chi connectivity index (χ0v) is 9.29. The molecule has 0 N–H and O–H groups in total. The monoisotopic (exact) mass is 260 g/mol. The maximum Gasteiger partial charge on any atom is 0 e. The zero-order valence-electron chi connectivity index (χ0n) is 2.06. The molecule has 0 atom stereocenters. The second kappa shape index (κ2) is 9.45. The Balaban J connectivity index is 0. The summed E-state index contributed by atoms with van der Waals surface area (Å²) in [5.74, 6) is 0. The van der Waals surface area contributed by atoms with Crippen molar-refractivity contribution < 1.29 is 11.3 Å². The molecule has 26 valence electrons. The first-order valence-electron chi connectivity index (χ1n) is 0.228. The Labute approximate surface area is 88.4 Å². The van der Waals surface area contributed by atoms with Crippen LogP contribution in [0.3, 0.4) is 0 Å². The standard InChI is InChI=1S/2BrH.Cu.K/h2*1H;;/q;;+2;/p-2. The Kier molecular flexibility index (Phi) is 24.0. The van der Waals surface area contributed by atoms with Crippen LogP contribution in [0.2, 0.25) is 0 Å². The first-order chi connectivity index (χ1) is 1.41. The minimum atomic E-state index is 0. The van der Waals surface area contributed by atoms with E-state index < -0.39 is 0 Å². The summed E-state index contributed by atoms with van der Waals surface area (Å²) < 4.78 is 0. The summed E-state index contributed by atoms with van der Waals surface area (Å²) in [5.41, 5.74) is 0. The number of halogens is 2. The predicted molar refractivity (Wildman–Crippen MR) is 23.6 cm³/mol. The third-order valence-electron chi connectivity index (χ3n) is 0. The molecule has 0 aromatic rings. The minimum Gasteiger partial charge on any atom is 0 e. The smallest absolute Gasteiger partial charge is 0 e. The molecule has 0 rings (SSSR count). The fourth-order valence-corrected chi connectivity index (χ4v) is 0. The van der Waals surface area contributed by atoms with E-state index in [1.165, 1.54) is 11.3 Å². The summed E-state index contributed by atoms with van der Waals surface area (Å²) in [7, 11) is 0. The van der Waals surface area contributed by atoms with Crippen LogP contribution in [-0.2, 0) is 11.3 Å². The van der Waals surface area contributed by atoms with Gasteiger partial charge in [0.05, 0.1) is 0 Å². The van der Waals surface area contributed by atoms with Crippen molar-refractivity contribution in [3.8, 4) is 0 Å². The molecule has 0 unspecified atom stereocenters. The van der Waals surface area contributed by atoms with Crippen molar-refractivity contribution in [1.29, 1.82) is 0 Å². The maximum absolute atomic E-state index is 2.97. The van der Waals surface area contributed by atoms with Gasteiger partial charge in [-0.1, -0.05) is 0 Å². The average molecular weight is 262 g/mol. The van der Waals surface area contributed by atoms with Gasteiger partial charge in [-0.25, -0.2) is 0 Å². The Bertz CT molecular complexity index is 6.00. The van der Waals surface area contributed by atoms with Crippen molar-refractivity contribution in [1.82, 2.24) is 0 Å². The van der Waals surface area contributed by atoms with Gasteiger partial charge in [-0.15, -0.1) is 0 Å². The van der Waals surface area contributed by atoms with Crippen LogP contribution in [-0.4, -0.2) is 51.4 Å². The Morgan fingerprint density at radius 2 is 1.25 bits per heavy atom. The molecular formula is Br2CuK. The van der Waals surface area contributed by atoms with Gasteiger partial charge in [-0.3, -0.25) is 0 Å². The van der Waals surface area contributed by atoms with E-state index in [0.717, 1.165) is 0 Å². The molecule has 4 heteroatoms. The summed E-state index contributed by atoms with van der Waals surface area (Å²) in [6.07, 6.45) is 0. The molecule has 0 saturated carbocycles. The molecule has 0 aliphatic rings. The summed E-state index contributed by atoms with van der Waals surface area (Å²) in [6.45, 7) is 0. The molecular weight excluding hydrogens is 262 g/mol. The first kappa shape index (κ1) is 10.2. The summed E-state index contributed by atoms with van der Waals surface area (Å²) in [4.78, 5) is 0. The third kappa shape index (κ3) is 8.93. The van der Waals surface area contributed by atoms with E-state index in [1.54, 1.807) is 0 Å². The molecule has 0 aromatic carbocycles. The van der Waals surface area contributed by atoms with Crippen LogP contribution in [0.4, 0.5) is 0 Å². The fourth-order valence-electron chi connectivity index (χ4n) is 0. The molecule has 0 bridgehead atoms. The van der Waals surface area contributed by atoms with Gasteiger partial charge in [-0.2, -0.15) is 0 Å². The van der Waals surface area contributed by atoms with Gasteiger partial charge in [0.1, 0.15) is 0 Å².